The molecule has 1 aromatic rings. The summed E-state index contributed by atoms with van der Waals surface area (Å²) >= 11 is 0. The third-order valence-electron chi connectivity index (χ3n) is 3.28. The van der Waals surface area contributed by atoms with Gasteiger partial charge in [-0.15, -0.1) is 0 Å². The molecule has 0 aliphatic rings. The minimum absolute atomic E-state index is 0.0242. The molecular weight excluding hydrogens is 276 g/mol. The van der Waals surface area contributed by atoms with Crippen molar-refractivity contribution in [1.82, 2.24) is 10.6 Å². The molecule has 120 valence electrons. The number of carbonyl (C=O) groups is 1. The predicted octanol–water partition coefficient (Wildman–Crippen LogP) is 2.43. The monoisotopic (exact) mass is 302 g/mol. The summed E-state index contributed by atoms with van der Waals surface area (Å²) < 4.78 is 0. The lowest BCUT2D eigenvalue weighted by Gasteiger charge is -2.16. The van der Waals surface area contributed by atoms with Crippen molar-refractivity contribution >= 4 is 11.7 Å². The van der Waals surface area contributed by atoms with E-state index in [1.165, 1.54) is 5.56 Å². The van der Waals surface area contributed by atoms with Crippen LogP contribution in [0.25, 0.3) is 0 Å². The Kier molecular flexibility index (Phi) is 7.16. The van der Waals surface area contributed by atoms with E-state index in [-0.39, 0.29) is 24.5 Å². The first kappa shape index (κ1) is 17.8. The van der Waals surface area contributed by atoms with Gasteiger partial charge >= 0.3 is 0 Å². The number of allylic oxidation sites excluding steroid dienone is 1. The van der Waals surface area contributed by atoms with Crippen molar-refractivity contribution < 1.29 is 4.79 Å². The van der Waals surface area contributed by atoms with Crippen molar-refractivity contribution in [3.05, 3.63) is 47.7 Å². The molecule has 5 heteroatoms. The standard InChI is InChI=1S/C17H26N4O/c1-5-9-19-11-20-16(18)17(22)21-13(4)15-8-6-7-14(10-15)12(2)3/h5-10,12-13,19H,11H2,1-4H3,(H2,18,20)(H,21,22)/b9-5-/t13-/m1/s1. The summed E-state index contributed by atoms with van der Waals surface area (Å²) in [6.45, 7) is 8.39. The topological polar surface area (TPSA) is 79.5 Å². The van der Waals surface area contributed by atoms with Crippen LogP contribution < -0.4 is 16.4 Å². The van der Waals surface area contributed by atoms with Crippen LogP contribution in [-0.4, -0.2) is 18.4 Å². The highest BCUT2D eigenvalue weighted by atomic mass is 16.2. The molecule has 0 aromatic heterocycles. The highest BCUT2D eigenvalue weighted by molar-refractivity contribution is 6.37. The van der Waals surface area contributed by atoms with Gasteiger partial charge in [-0.1, -0.05) is 44.2 Å². The van der Waals surface area contributed by atoms with Crippen LogP contribution in [0.1, 0.15) is 50.8 Å². The van der Waals surface area contributed by atoms with Crippen LogP contribution in [-0.2, 0) is 4.79 Å². The highest BCUT2D eigenvalue weighted by Gasteiger charge is 2.13. The molecule has 5 nitrogen and oxygen atoms in total. The molecule has 0 aliphatic heterocycles. The van der Waals surface area contributed by atoms with Crippen LogP contribution in [0.5, 0.6) is 0 Å². The zero-order valence-corrected chi connectivity index (χ0v) is 13.8. The lowest BCUT2D eigenvalue weighted by Crippen LogP contribution is -2.38. The molecule has 1 atom stereocenters. The number of hydrogen-bond acceptors (Lipinski definition) is 3. The molecule has 1 rings (SSSR count). The van der Waals surface area contributed by atoms with E-state index < -0.39 is 0 Å². The number of benzene rings is 1. The smallest absolute Gasteiger partial charge is 0.286 e. The number of nitrogens with one attached hydrogen (secondary N) is 2. The highest BCUT2D eigenvalue weighted by Crippen LogP contribution is 2.19. The lowest BCUT2D eigenvalue weighted by molar-refractivity contribution is -0.115. The summed E-state index contributed by atoms with van der Waals surface area (Å²) in [5.74, 6) is 0.0702. The molecule has 0 spiro atoms. The molecule has 0 unspecified atom stereocenters. The number of nitrogens with zero attached hydrogens (tertiary/aromatic N) is 1. The summed E-state index contributed by atoms with van der Waals surface area (Å²) in [5, 5.41) is 5.76. The van der Waals surface area contributed by atoms with Gasteiger partial charge in [-0.3, -0.25) is 4.79 Å². The number of hydrogen-bond donors (Lipinski definition) is 3. The van der Waals surface area contributed by atoms with Crippen LogP contribution in [0.15, 0.2) is 41.5 Å². The van der Waals surface area contributed by atoms with Gasteiger partial charge in [0.1, 0.15) is 6.67 Å². The second-order valence-corrected chi connectivity index (χ2v) is 5.43. The maximum Gasteiger partial charge on any atom is 0.286 e. The van der Waals surface area contributed by atoms with Gasteiger partial charge in [0.25, 0.3) is 5.91 Å². The Morgan fingerprint density at radius 1 is 1.32 bits per heavy atom. The average Bonchev–Trinajstić information content (AvgIpc) is 2.51. The fourth-order valence-corrected chi connectivity index (χ4v) is 1.91. The number of nitrogens with two attached hydrogens (primary N) is 1. The second kappa shape index (κ2) is 8.87. The van der Waals surface area contributed by atoms with E-state index in [2.05, 4.69) is 41.6 Å². The molecule has 0 saturated carbocycles. The number of rotatable bonds is 6. The maximum absolute atomic E-state index is 12.0. The van der Waals surface area contributed by atoms with Crippen molar-refractivity contribution in [3.63, 3.8) is 0 Å². The van der Waals surface area contributed by atoms with Gasteiger partial charge in [-0.2, -0.15) is 0 Å². The molecule has 0 saturated heterocycles. The van der Waals surface area contributed by atoms with E-state index >= 15 is 0 Å². The van der Waals surface area contributed by atoms with Crippen LogP contribution in [0.2, 0.25) is 0 Å². The lowest BCUT2D eigenvalue weighted by atomic mass is 9.98. The summed E-state index contributed by atoms with van der Waals surface area (Å²) in [6.07, 6.45) is 3.59. The third kappa shape index (κ3) is 5.60. The van der Waals surface area contributed by atoms with Gasteiger partial charge in [0.05, 0.1) is 6.04 Å². The maximum atomic E-state index is 12.0. The molecular formula is C17H26N4O. The summed E-state index contributed by atoms with van der Waals surface area (Å²) in [4.78, 5) is 16.0. The normalized spacial score (nSPS) is 13.4. The van der Waals surface area contributed by atoms with Crippen LogP contribution in [0.4, 0.5) is 0 Å². The van der Waals surface area contributed by atoms with E-state index in [4.69, 9.17) is 5.73 Å². The molecule has 1 aromatic carbocycles. The van der Waals surface area contributed by atoms with E-state index in [0.29, 0.717) is 5.92 Å². The van der Waals surface area contributed by atoms with E-state index in [1.54, 1.807) is 6.20 Å². The minimum Gasteiger partial charge on any atom is -0.379 e. The zero-order valence-electron chi connectivity index (χ0n) is 13.8. The van der Waals surface area contributed by atoms with Crippen molar-refractivity contribution in [2.24, 2.45) is 10.7 Å². The molecule has 0 aliphatic carbocycles. The number of aliphatic imine (C=N–C) groups is 1. The van der Waals surface area contributed by atoms with Crippen LogP contribution >= 0.6 is 0 Å². The first-order valence-electron chi connectivity index (χ1n) is 7.50. The summed E-state index contributed by atoms with van der Waals surface area (Å²) in [5.41, 5.74) is 7.98. The molecule has 4 N–H and O–H groups in total. The Hall–Kier alpha value is -2.30. The molecule has 22 heavy (non-hydrogen) atoms. The van der Waals surface area contributed by atoms with Crippen LogP contribution in [0, 0.1) is 0 Å². The quantitative estimate of drug-likeness (QED) is 0.429. The van der Waals surface area contributed by atoms with Gasteiger partial charge in [-0.05, 0) is 37.1 Å². The van der Waals surface area contributed by atoms with Crippen molar-refractivity contribution in [1.29, 1.82) is 0 Å². The summed E-state index contributed by atoms with van der Waals surface area (Å²) in [7, 11) is 0. The van der Waals surface area contributed by atoms with Crippen molar-refractivity contribution in [3.8, 4) is 0 Å². The average molecular weight is 302 g/mol. The fraction of sp³-hybridized carbons (Fsp3) is 0.412. The van der Waals surface area contributed by atoms with E-state index in [1.807, 2.05) is 32.1 Å². The van der Waals surface area contributed by atoms with Crippen molar-refractivity contribution in [2.45, 2.75) is 39.7 Å². The zero-order chi connectivity index (χ0) is 16.5. The molecule has 0 heterocycles. The Balaban J connectivity index is 2.65. The number of amides is 1. The summed E-state index contributed by atoms with van der Waals surface area (Å²) in [6, 6.07) is 8.08. The number of carbonyl (C=O) groups excluding carboxylic acids is 1. The van der Waals surface area contributed by atoms with Gasteiger partial charge in [-0.25, -0.2) is 4.99 Å². The second-order valence-electron chi connectivity index (χ2n) is 5.43. The van der Waals surface area contributed by atoms with Gasteiger partial charge in [0.15, 0.2) is 5.84 Å². The molecule has 0 radical (unpaired) electrons. The van der Waals surface area contributed by atoms with Crippen LogP contribution in [0.3, 0.4) is 0 Å². The predicted molar refractivity (Wildman–Crippen MR) is 91.5 cm³/mol. The number of amidine groups is 1. The molecule has 0 fully saturated rings. The Morgan fingerprint density at radius 2 is 2.00 bits per heavy atom. The molecule has 0 bridgehead atoms. The SMILES string of the molecule is C/C=C\NCN=C(N)C(=O)N[C@H](C)c1cccc(C(C)C)c1. The third-order valence-corrected chi connectivity index (χ3v) is 3.28. The Bertz CT molecular complexity index is 549. The molecule has 1 amide bonds. The Morgan fingerprint density at radius 3 is 2.64 bits per heavy atom. The minimum atomic E-state index is -0.357. The van der Waals surface area contributed by atoms with Gasteiger partial charge < -0.3 is 16.4 Å². The fourth-order valence-electron chi connectivity index (χ4n) is 1.91. The largest absolute Gasteiger partial charge is 0.379 e. The van der Waals surface area contributed by atoms with E-state index in [0.717, 1.165) is 5.56 Å². The first-order valence-corrected chi connectivity index (χ1v) is 7.50. The van der Waals surface area contributed by atoms with Crippen molar-refractivity contribution in [2.75, 3.05) is 6.67 Å². The Labute approximate surface area is 132 Å². The first-order chi connectivity index (χ1) is 10.5. The van der Waals surface area contributed by atoms with Gasteiger partial charge in [0, 0.05) is 0 Å². The van der Waals surface area contributed by atoms with E-state index in [9.17, 15) is 4.79 Å². The van der Waals surface area contributed by atoms with Gasteiger partial charge in [0.2, 0.25) is 0 Å².